The van der Waals surface area contributed by atoms with Crippen molar-refractivity contribution in [3.8, 4) is 0 Å². The summed E-state index contributed by atoms with van der Waals surface area (Å²) < 4.78 is 3.44. The van der Waals surface area contributed by atoms with Gasteiger partial charge in [0, 0.05) is 31.7 Å². The predicted molar refractivity (Wildman–Crippen MR) is 125 cm³/mol. The standard InChI is InChI=1S/C19H23IN6S2/c1-11(2)22-5-3-6-26-18-16(17(21)23-10-24-18)25-19(26)28-15-9-14-12(4-7-27-14)8-13(15)20/h8-11,22H,3-7H2,1-2H3,(H2,21,23,24). The molecule has 1 aromatic carbocycles. The van der Waals surface area contributed by atoms with Crippen LogP contribution in [-0.2, 0) is 13.0 Å². The minimum Gasteiger partial charge on any atom is -0.382 e. The summed E-state index contributed by atoms with van der Waals surface area (Å²) in [5.41, 5.74) is 9.03. The van der Waals surface area contributed by atoms with Crippen molar-refractivity contribution < 1.29 is 0 Å². The van der Waals surface area contributed by atoms with E-state index in [1.165, 1.54) is 31.0 Å². The molecule has 0 saturated heterocycles. The Morgan fingerprint density at radius 1 is 1.36 bits per heavy atom. The van der Waals surface area contributed by atoms with Gasteiger partial charge in [0.15, 0.2) is 22.1 Å². The number of nitrogens with one attached hydrogen (secondary N) is 1. The maximum absolute atomic E-state index is 6.08. The van der Waals surface area contributed by atoms with Crippen molar-refractivity contribution in [1.82, 2.24) is 24.8 Å². The van der Waals surface area contributed by atoms with Crippen LogP contribution in [-0.4, -0.2) is 37.9 Å². The number of nitrogen functional groups attached to an aromatic ring is 1. The number of imidazole rings is 1. The molecule has 3 heterocycles. The van der Waals surface area contributed by atoms with Crippen molar-refractivity contribution in [2.45, 2.75) is 54.2 Å². The van der Waals surface area contributed by atoms with Crippen molar-refractivity contribution in [1.29, 1.82) is 0 Å². The highest BCUT2D eigenvalue weighted by Crippen LogP contribution is 2.40. The van der Waals surface area contributed by atoms with Crippen LogP contribution in [0.4, 0.5) is 5.82 Å². The Kier molecular flexibility index (Phi) is 6.34. The van der Waals surface area contributed by atoms with Crippen LogP contribution in [0.1, 0.15) is 25.8 Å². The average molecular weight is 526 g/mol. The monoisotopic (exact) mass is 526 g/mol. The van der Waals surface area contributed by atoms with Crippen LogP contribution in [0, 0.1) is 3.57 Å². The van der Waals surface area contributed by atoms with Gasteiger partial charge in [-0.2, -0.15) is 0 Å². The molecule has 28 heavy (non-hydrogen) atoms. The van der Waals surface area contributed by atoms with Crippen LogP contribution >= 0.6 is 46.1 Å². The van der Waals surface area contributed by atoms with E-state index in [-0.39, 0.29) is 0 Å². The predicted octanol–water partition coefficient (Wildman–Crippen LogP) is 4.20. The van der Waals surface area contributed by atoms with Gasteiger partial charge < -0.3 is 15.6 Å². The van der Waals surface area contributed by atoms with Crippen molar-refractivity contribution in [3.05, 3.63) is 27.6 Å². The molecule has 0 bridgehead atoms. The number of halogens is 1. The second kappa shape index (κ2) is 8.76. The van der Waals surface area contributed by atoms with Crippen LogP contribution in [0.2, 0.25) is 0 Å². The fourth-order valence-electron chi connectivity index (χ4n) is 3.19. The number of fused-ring (bicyclic) bond motifs is 2. The number of hydrogen-bond acceptors (Lipinski definition) is 7. The molecule has 3 aromatic rings. The van der Waals surface area contributed by atoms with Gasteiger partial charge in [0.05, 0.1) is 0 Å². The molecule has 3 N–H and O–H groups in total. The van der Waals surface area contributed by atoms with Crippen LogP contribution < -0.4 is 11.1 Å². The van der Waals surface area contributed by atoms with Gasteiger partial charge in [0.2, 0.25) is 0 Å². The molecule has 0 saturated carbocycles. The minimum absolute atomic E-state index is 0.435. The molecule has 0 spiro atoms. The lowest BCUT2D eigenvalue weighted by Gasteiger charge is -2.12. The topological polar surface area (TPSA) is 81.7 Å². The van der Waals surface area contributed by atoms with E-state index in [2.05, 4.69) is 68.4 Å². The van der Waals surface area contributed by atoms with Crippen molar-refractivity contribution in [2.24, 2.45) is 0 Å². The zero-order valence-corrected chi connectivity index (χ0v) is 19.7. The molecule has 0 atom stereocenters. The quantitative estimate of drug-likeness (QED) is 0.353. The summed E-state index contributed by atoms with van der Waals surface area (Å²) in [6.07, 6.45) is 3.68. The van der Waals surface area contributed by atoms with E-state index in [1.54, 1.807) is 11.8 Å². The first-order valence-electron chi connectivity index (χ1n) is 9.36. The molecule has 0 unspecified atom stereocenters. The van der Waals surface area contributed by atoms with Crippen molar-refractivity contribution in [3.63, 3.8) is 0 Å². The molecule has 1 aliphatic heterocycles. The van der Waals surface area contributed by atoms with Crippen LogP contribution in [0.5, 0.6) is 0 Å². The van der Waals surface area contributed by atoms with Gasteiger partial charge in [-0.15, -0.1) is 11.8 Å². The Balaban J connectivity index is 1.66. The Labute approximate surface area is 187 Å². The van der Waals surface area contributed by atoms with Gasteiger partial charge >= 0.3 is 0 Å². The molecular weight excluding hydrogens is 503 g/mol. The van der Waals surface area contributed by atoms with E-state index in [1.807, 2.05) is 11.8 Å². The number of nitrogens with zero attached hydrogens (tertiary/aromatic N) is 4. The highest BCUT2D eigenvalue weighted by Gasteiger charge is 2.19. The second-order valence-electron chi connectivity index (χ2n) is 7.03. The number of aromatic nitrogens is 4. The highest BCUT2D eigenvalue weighted by atomic mass is 127. The molecule has 148 valence electrons. The fourth-order valence-corrected chi connectivity index (χ4v) is 6.18. The van der Waals surface area contributed by atoms with E-state index in [4.69, 9.17) is 10.7 Å². The van der Waals surface area contributed by atoms with Crippen LogP contribution in [0.15, 0.2) is 33.4 Å². The molecule has 4 rings (SSSR count). The Morgan fingerprint density at radius 3 is 3.04 bits per heavy atom. The normalized spacial score (nSPS) is 13.6. The maximum Gasteiger partial charge on any atom is 0.175 e. The third kappa shape index (κ3) is 4.27. The van der Waals surface area contributed by atoms with Crippen LogP contribution in [0.3, 0.4) is 0 Å². The molecular formula is C19H23IN6S2. The first-order chi connectivity index (χ1) is 13.5. The first kappa shape index (κ1) is 20.2. The molecule has 0 radical (unpaired) electrons. The van der Waals surface area contributed by atoms with Crippen LogP contribution in [0.25, 0.3) is 11.2 Å². The zero-order chi connectivity index (χ0) is 19.7. The van der Waals surface area contributed by atoms with E-state index in [0.717, 1.165) is 36.7 Å². The Hall–Kier alpha value is -1.04. The summed E-state index contributed by atoms with van der Waals surface area (Å²) in [6.45, 7) is 6.12. The molecule has 9 heteroatoms. The average Bonchev–Trinajstić information content (AvgIpc) is 3.24. The van der Waals surface area contributed by atoms with Crippen molar-refractivity contribution in [2.75, 3.05) is 18.0 Å². The molecule has 2 aromatic heterocycles. The molecule has 0 amide bonds. The number of rotatable bonds is 7. The lowest BCUT2D eigenvalue weighted by molar-refractivity contribution is 0.525. The minimum atomic E-state index is 0.435. The number of benzene rings is 1. The summed E-state index contributed by atoms with van der Waals surface area (Å²) in [4.78, 5) is 16.0. The van der Waals surface area contributed by atoms with Gasteiger partial charge in [-0.25, -0.2) is 15.0 Å². The Bertz CT molecular complexity index is 1000. The summed E-state index contributed by atoms with van der Waals surface area (Å²) in [7, 11) is 0. The fraction of sp³-hybridized carbons (Fsp3) is 0.421. The molecule has 0 aliphatic carbocycles. The lowest BCUT2D eigenvalue weighted by Crippen LogP contribution is -2.24. The lowest BCUT2D eigenvalue weighted by atomic mass is 10.2. The van der Waals surface area contributed by atoms with E-state index >= 15 is 0 Å². The SMILES string of the molecule is CC(C)NCCCn1c(Sc2cc3c(cc2I)CCS3)nc2c(N)ncnc21. The highest BCUT2D eigenvalue weighted by molar-refractivity contribution is 14.1. The number of thioether (sulfide) groups is 1. The largest absolute Gasteiger partial charge is 0.382 e. The van der Waals surface area contributed by atoms with E-state index < -0.39 is 0 Å². The third-order valence-electron chi connectivity index (χ3n) is 4.58. The van der Waals surface area contributed by atoms with E-state index in [0.29, 0.717) is 17.4 Å². The van der Waals surface area contributed by atoms with E-state index in [9.17, 15) is 0 Å². The van der Waals surface area contributed by atoms with Crippen molar-refractivity contribution >= 4 is 63.1 Å². The Morgan fingerprint density at radius 2 is 2.21 bits per heavy atom. The first-order valence-corrected chi connectivity index (χ1v) is 12.2. The third-order valence-corrected chi connectivity index (χ3v) is 7.99. The summed E-state index contributed by atoms with van der Waals surface area (Å²) in [5, 5.41) is 4.40. The smallest absolute Gasteiger partial charge is 0.175 e. The number of hydrogen-bond donors (Lipinski definition) is 2. The van der Waals surface area contributed by atoms with Gasteiger partial charge in [-0.05, 0) is 59.7 Å². The number of aryl methyl sites for hydroxylation is 2. The second-order valence-corrected chi connectivity index (χ2v) is 10.3. The van der Waals surface area contributed by atoms with Gasteiger partial charge in [-0.3, -0.25) is 0 Å². The maximum atomic E-state index is 6.08. The summed E-state index contributed by atoms with van der Waals surface area (Å²) >= 11 is 6.06. The molecule has 6 nitrogen and oxygen atoms in total. The summed E-state index contributed by atoms with van der Waals surface area (Å²) in [6, 6.07) is 5.10. The zero-order valence-electron chi connectivity index (χ0n) is 15.9. The summed E-state index contributed by atoms with van der Waals surface area (Å²) in [5.74, 6) is 1.61. The van der Waals surface area contributed by atoms with Gasteiger partial charge in [-0.1, -0.05) is 25.6 Å². The number of anilines is 1. The van der Waals surface area contributed by atoms with Gasteiger partial charge in [0.1, 0.15) is 6.33 Å². The van der Waals surface area contributed by atoms with Gasteiger partial charge in [0.25, 0.3) is 0 Å². The molecule has 0 fully saturated rings. The molecule has 1 aliphatic rings. The number of nitrogens with two attached hydrogens (primary N) is 1.